The van der Waals surface area contributed by atoms with E-state index in [2.05, 4.69) is 9.98 Å². The number of hydrogen-bond acceptors (Lipinski definition) is 5. The topological polar surface area (TPSA) is 54.8 Å². The maximum atomic E-state index is 13.1. The normalized spacial score (nSPS) is 15.3. The number of aliphatic imine (C=N–C) groups is 1. The molecule has 0 radical (unpaired) electrons. The van der Waals surface area contributed by atoms with E-state index >= 15 is 0 Å². The van der Waals surface area contributed by atoms with Crippen molar-refractivity contribution in [3.05, 3.63) is 82.0 Å². The molecule has 0 atom stereocenters. The molecule has 0 saturated carbocycles. The van der Waals surface area contributed by atoms with E-state index in [4.69, 9.17) is 16.3 Å². The molecule has 134 valence electrons. The number of amidine groups is 1. The van der Waals surface area contributed by atoms with Crippen molar-refractivity contribution in [2.75, 3.05) is 12.0 Å². The van der Waals surface area contributed by atoms with E-state index in [-0.39, 0.29) is 5.91 Å². The number of amides is 1. The highest BCUT2D eigenvalue weighted by Crippen LogP contribution is 2.31. The number of nitrogens with zero attached hydrogens (tertiary/aromatic N) is 3. The van der Waals surface area contributed by atoms with Crippen LogP contribution < -0.4 is 9.64 Å². The molecule has 4 rings (SSSR count). The van der Waals surface area contributed by atoms with Gasteiger partial charge in [-0.3, -0.25) is 4.79 Å². The van der Waals surface area contributed by atoms with Gasteiger partial charge in [-0.2, -0.15) is 0 Å². The Labute approximate surface area is 165 Å². The molecule has 1 aromatic heterocycles. The fraction of sp³-hybridized carbons (Fsp3) is 0.0500. The summed E-state index contributed by atoms with van der Waals surface area (Å²) in [6.07, 6.45) is 3.40. The summed E-state index contributed by atoms with van der Waals surface area (Å²) in [6.45, 7) is 0. The van der Waals surface area contributed by atoms with Gasteiger partial charge in [-0.1, -0.05) is 35.9 Å². The van der Waals surface area contributed by atoms with Crippen LogP contribution in [-0.4, -0.2) is 23.8 Å². The zero-order valence-electron chi connectivity index (χ0n) is 14.3. The molecule has 2 aromatic carbocycles. The molecule has 0 spiro atoms. The number of thiazole rings is 1. The zero-order valence-corrected chi connectivity index (χ0v) is 15.9. The average Bonchev–Trinajstić information content (AvgIpc) is 3.31. The molecule has 1 amide bonds. The number of benzene rings is 2. The predicted octanol–water partition coefficient (Wildman–Crippen LogP) is 4.64. The molecule has 2 heterocycles. The third-order valence-electron chi connectivity index (χ3n) is 4.00. The number of halogens is 1. The number of rotatable bonds is 4. The highest BCUT2D eigenvalue weighted by atomic mass is 35.5. The van der Waals surface area contributed by atoms with E-state index in [1.54, 1.807) is 25.4 Å². The monoisotopic (exact) mass is 395 g/mol. The molecular formula is C20H14ClN3O2S. The van der Waals surface area contributed by atoms with Gasteiger partial charge in [-0.05, 0) is 35.9 Å². The number of aromatic nitrogens is 1. The summed E-state index contributed by atoms with van der Waals surface area (Å²) in [5.41, 5.74) is 1.86. The van der Waals surface area contributed by atoms with Crippen molar-refractivity contribution in [2.24, 2.45) is 4.99 Å². The average molecular weight is 396 g/mol. The molecule has 0 bridgehead atoms. The highest BCUT2D eigenvalue weighted by Gasteiger charge is 2.34. The van der Waals surface area contributed by atoms with Crippen LogP contribution in [0.25, 0.3) is 6.08 Å². The van der Waals surface area contributed by atoms with Crippen LogP contribution in [0.2, 0.25) is 5.02 Å². The lowest BCUT2D eigenvalue weighted by Crippen LogP contribution is -2.32. The maximum absolute atomic E-state index is 13.1. The van der Waals surface area contributed by atoms with Gasteiger partial charge in [-0.15, -0.1) is 11.3 Å². The number of carbonyl (C=O) groups excluding carboxylic acids is 1. The SMILES string of the molecule is COc1ccc(C=C2N=C(c3ccccc3Cl)N(c3nccs3)C2=O)cc1. The first-order valence-electron chi connectivity index (χ1n) is 8.10. The first kappa shape index (κ1) is 17.5. The Morgan fingerprint density at radius 2 is 1.93 bits per heavy atom. The molecule has 0 N–H and O–H groups in total. The van der Waals surface area contributed by atoms with Gasteiger partial charge in [0.2, 0.25) is 0 Å². The summed E-state index contributed by atoms with van der Waals surface area (Å²) >= 11 is 7.72. The first-order valence-corrected chi connectivity index (χ1v) is 9.36. The molecule has 0 fully saturated rings. The van der Waals surface area contributed by atoms with E-state index in [0.29, 0.717) is 27.3 Å². The van der Waals surface area contributed by atoms with Gasteiger partial charge in [0.05, 0.1) is 12.1 Å². The molecule has 7 heteroatoms. The number of hydrogen-bond donors (Lipinski definition) is 0. The van der Waals surface area contributed by atoms with E-state index in [9.17, 15) is 4.79 Å². The second-order valence-corrected chi connectivity index (χ2v) is 6.95. The molecule has 27 heavy (non-hydrogen) atoms. The van der Waals surface area contributed by atoms with Crippen molar-refractivity contribution >= 4 is 45.9 Å². The van der Waals surface area contributed by atoms with Gasteiger partial charge in [-0.25, -0.2) is 14.9 Å². The third-order valence-corrected chi connectivity index (χ3v) is 5.09. The Kier molecular flexibility index (Phi) is 4.75. The van der Waals surface area contributed by atoms with E-state index in [1.165, 1.54) is 16.2 Å². The van der Waals surface area contributed by atoms with Crippen LogP contribution >= 0.6 is 22.9 Å². The number of methoxy groups -OCH3 is 1. The van der Waals surface area contributed by atoms with Crippen molar-refractivity contribution in [3.63, 3.8) is 0 Å². The van der Waals surface area contributed by atoms with Crippen molar-refractivity contribution < 1.29 is 9.53 Å². The quantitative estimate of drug-likeness (QED) is 0.605. The van der Waals surface area contributed by atoms with Crippen LogP contribution in [0.5, 0.6) is 5.75 Å². The fourth-order valence-corrected chi connectivity index (χ4v) is 3.56. The van der Waals surface area contributed by atoms with E-state index in [1.807, 2.05) is 47.8 Å². The highest BCUT2D eigenvalue weighted by molar-refractivity contribution is 7.14. The summed E-state index contributed by atoms with van der Waals surface area (Å²) in [5, 5.41) is 2.89. The third kappa shape index (κ3) is 3.37. The standard InChI is InChI=1S/C20H14ClN3O2S/c1-26-14-8-6-13(7-9-14)12-17-19(25)24(20-22-10-11-27-20)18(23-17)15-4-2-3-5-16(15)21/h2-12H,1H3. The summed E-state index contributed by atoms with van der Waals surface area (Å²) in [5.74, 6) is 0.982. The Hall–Kier alpha value is -2.96. The van der Waals surface area contributed by atoms with Crippen molar-refractivity contribution in [2.45, 2.75) is 0 Å². The van der Waals surface area contributed by atoms with Crippen molar-refractivity contribution in [1.29, 1.82) is 0 Å². The van der Waals surface area contributed by atoms with Gasteiger partial charge in [0, 0.05) is 17.1 Å². The number of anilines is 1. The summed E-state index contributed by atoms with van der Waals surface area (Å²) in [7, 11) is 1.61. The maximum Gasteiger partial charge on any atom is 0.284 e. The summed E-state index contributed by atoms with van der Waals surface area (Å²) in [6, 6.07) is 14.7. The Bertz CT molecular complexity index is 1040. The van der Waals surface area contributed by atoms with Crippen molar-refractivity contribution in [3.8, 4) is 5.75 Å². The summed E-state index contributed by atoms with van der Waals surface area (Å²) < 4.78 is 5.17. The molecule has 0 unspecified atom stereocenters. The minimum Gasteiger partial charge on any atom is -0.497 e. The largest absolute Gasteiger partial charge is 0.497 e. The van der Waals surface area contributed by atoms with Crippen LogP contribution in [0.4, 0.5) is 5.13 Å². The van der Waals surface area contributed by atoms with E-state index in [0.717, 1.165) is 11.3 Å². The van der Waals surface area contributed by atoms with Crippen LogP contribution in [0.1, 0.15) is 11.1 Å². The van der Waals surface area contributed by atoms with Crippen LogP contribution in [-0.2, 0) is 4.79 Å². The molecule has 1 aliphatic rings. The van der Waals surface area contributed by atoms with Gasteiger partial charge in [0.25, 0.3) is 5.91 Å². The second kappa shape index (κ2) is 7.34. The van der Waals surface area contributed by atoms with Crippen molar-refractivity contribution in [1.82, 2.24) is 4.98 Å². The molecular weight excluding hydrogens is 382 g/mol. The van der Waals surface area contributed by atoms with Crippen LogP contribution in [0, 0.1) is 0 Å². The summed E-state index contributed by atoms with van der Waals surface area (Å²) in [4.78, 5) is 23.4. The van der Waals surface area contributed by atoms with Gasteiger partial charge in [0.15, 0.2) is 11.0 Å². The van der Waals surface area contributed by atoms with Gasteiger partial charge < -0.3 is 4.74 Å². The van der Waals surface area contributed by atoms with Gasteiger partial charge in [0.1, 0.15) is 11.4 Å². The molecule has 5 nitrogen and oxygen atoms in total. The lowest BCUT2D eigenvalue weighted by Gasteiger charge is -2.15. The number of carbonyl (C=O) groups is 1. The minimum absolute atomic E-state index is 0.240. The molecule has 3 aromatic rings. The Balaban J connectivity index is 1.80. The number of ether oxygens (including phenoxy) is 1. The lowest BCUT2D eigenvalue weighted by molar-refractivity contribution is -0.113. The smallest absolute Gasteiger partial charge is 0.284 e. The van der Waals surface area contributed by atoms with Crippen LogP contribution in [0.3, 0.4) is 0 Å². The fourth-order valence-electron chi connectivity index (χ4n) is 2.70. The van der Waals surface area contributed by atoms with Crippen LogP contribution in [0.15, 0.2) is 70.8 Å². The Morgan fingerprint density at radius 3 is 2.59 bits per heavy atom. The molecule has 1 aliphatic heterocycles. The molecule has 0 aliphatic carbocycles. The lowest BCUT2D eigenvalue weighted by atomic mass is 10.2. The zero-order chi connectivity index (χ0) is 18.8. The molecule has 0 saturated heterocycles. The second-order valence-electron chi connectivity index (χ2n) is 5.67. The Morgan fingerprint density at radius 1 is 1.15 bits per heavy atom. The minimum atomic E-state index is -0.240. The predicted molar refractivity (Wildman–Crippen MR) is 109 cm³/mol. The van der Waals surface area contributed by atoms with Gasteiger partial charge >= 0.3 is 0 Å². The first-order chi connectivity index (χ1) is 13.2. The van der Waals surface area contributed by atoms with E-state index < -0.39 is 0 Å².